The summed E-state index contributed by atoms with van der Waals surface area (Å²) in [5, 5.41) is 3.02. The third-order valence-corrected chi connectivity index (χ3v) is 6.10. The molecule has 0 aliphatic heterocycles. The van der Waals surface area contributed by atoms with Crippen LogP contribution in [0.3, 0.4) is 0 Å². The van der Waals surface area contributed by atoms with Crippen molar-refractivity contribution in [3.05, 3.63) is 81.4 Å². The predicted molar refractivity (Wildman–Crippen MR) is 124 cm³/mol. The number of thiophene rings is 1. The van der Waals surface area contributed by atoms with Gasteiger partial charge in [0.05, 0.1) is 12.6 Å². The average molecular weight is 425 g/mol. The van der Waals surface area contributed by atoms with E-state index in [4.69, 9.17) is 4.42 Å². The number of nitrogens with one attached hydrogen (secondary N) is 1. The van der Waals surface area contributed by atoms with E-state index in [-0.39, 0.29) is 11.9 Å². The maximum Gasteiger partial charge on any atom is 0.287 e. The zero-order valence-electron chi connectivity index (χ0n) is 18.4. The van der Waals surface area contributed by atoms with Crippen molar-refractivity contribution in [1.82, 2.24) is 10.2 Å². The molecular weight excluding hydrogens is 392 g/mol. The van der Waals surface area contributed by atoms with Crippen LogP contribution in [-0.2, 0) is 13.1 Å². The molecule has 3 aromatic rings. The predicted octanol–water partition coefficient (Wildman–Crippen LogP) is 6.19. The van der Waals surface area contributed by atoms with Crippen LogP contribution >= 0.6 is 11.3 Å². The number of hydrogen-bond acceptors (Lipinski definition) is 4. The minimum atomic E-state index is -0.180. The van der Waals surface area contributed by atoms with Crippen LogP contribution in [0.5, 0.6) is 0 Å². The molecule has 1 aromatic carbocycles. The standard InChI is InChI=1S/C25H32N2O2S/c1-18(2)14-15-27(17-23-12-10-19(3)30-23)16-22-11-13-24(29-22)25(28)26-20(4)21-8-6-5-7-9-21/h5-13,18,20H,14-17H2,1-4H3,(H,26,28)/t20-/m1/s1. The molecule has 0 bridgehead atoms. The van der Waals surface area contributed by atoms with E-state index in [0.29, 0.717) is 18.2 Å². The van der Waals surface area contributed by atoms with Crippen LogP contribution in [0.4, 0.5) is 0 Å². The number of nitrogens with zero attached hydrogens (tertiary/aromatic N) is 1. The van der Waals surface area contributed by atoms with Crippen molar-refractivity contribution in [2.45, 2.75) is 53.2 Å². The van der Waals surface area contributed by atoms with E-state index in [1.165, 1.54) is 9.75 Å². The molecule has 1 atom stereocenters. The van der Waals surface area contributed by atoms with E-state index in [2.05, 4.69) is 43.1 Å². The summed E-state index contributed by atoms with van der Waals surface area (Å²) in [7, 11) is 0. The Bertz CT molecular complexity index is 930. The number of benzene rings is 1. The summed E-state index contributed by atoms with van der Waals surface area (Å²) >= 11 is 1.84. The van der Waals surface area contributed by atoms with Crippen LogP contribution in [0.2, 0.25) is 0 Å². The maximum absolute atomic E-state index is 12.6. The number of carbonyl (C=O) groups excluding carboxylic acids is 1. The molecule has 0 saturated heterocycles. The van der Waals surface area contributed by atoms with Gasteiger partial charge in [0.2, 0.25) is 0 Å². The van der Waals surface area contributed by atoms with Crippen LogP contribution in [0.15, 0.2) is 59.0 Å². The summed E-state index contributed by atoms with van der Waals surface area (Å²) in [4.78, 5) is 17.7. The highest BCUT2D eigenvalue weighted by Crippen LogP contribution is 2.20. The molecule has 160 valence electrons. The zero-order valence-corrected chi connectivity index (χ0v) is 19.2. The molecule has 30 heavy (non-hydrogen) atoms. The van der Waals surface area contributed by atoms with E-state index in [0.717, 1.165) is 30.8 Å². The van der Waals surface area contributed by atoms with Gasteiger partial charge in [-0.15, -0.1) is 11.3 Å². The van der Waals surface area contributed by atoms with Gasteiger partial charge in [-0.05, 0) is 62.6 Å². The van der Waals surface area contributed by atoms with Gasteiger partial charge in [-0.1, -0.05) is 44.2 Å². The fraction of sp³-hybridized carbons (Fsp3) is 0.400. The summed E-state index contributed by atoms with van der Waals surface area (Å²) in [5.74, 6) is 1.66. The zero-order chi connectivity index (χ0) is 21.5. The Kier molecular flexibility index (Phi) is 7.88. The van der Waals surface area contributed by atoms with Crippen molar-refractivity contribution in [2.75, 3.05) is 6.54 Å². The summed E-state index contributed by atoms with van der Waals surface area (Å²) in [6.45, 7) is 11.2. The lowest BCUT2D eigenvalue weighted by molar-refractivity contribution is 0.0907. The second kappa shape index (κ2) is 10.6. The fourth-order valence-electron chi connectivity index (χ4n) is 3.34. The van der Waals surface area contributed by atoms with E-state index in [1.54, 1.807) is 6.07 Å². The Morgan fingerprint density at radius 1 is 1.03 bits per heavy atom. The number of carbonyl (C=O) groups is 1. The molecule has 0 aliphatic carbocycles. The van der Waals surface area contributed by atoms with Gasteiger partial charge >= 0.3 is 0 Å². The van der Waals surface area contributed by atoms with Crippen molar-refractivity contribution in [1.29, 1.82) is 0 Å². The topological polar surface area (TPSA) is 45.5 Å². The highest BCUT2D eigenvalue weighted by Gasteiger charge is 2.17. The Hall–Kier alpha value is -2.37. The van der Waals surface area contributed by atoms with Gasteiger partial charge < -0.3 is 9.73 Å². The van der Waals surface area contributed by atoms with Gasteiger partial charge in [0, 0.05) is 16.3 Å². The average Bonchev–Trinajstić information content (AvgIpc) is 3.35. The first-order chi connectivity index (χ1) is 14.4. The molecule has 1 N–H and O–H groups in total. The molecule has 2 heterocycles. The Balaban J connectivity index is 1.62. The van der Waals surface area contributed by atoms with Crippen molar-refractivity contribution < 1.29 is 9.21 Å². The fourth-order valence-corrected chi connectivity index (χ4v) is 4.28. The number of furan rings is 1. The summed E-state index contributed by atoms with van der Waals surface area (Å²) in [6.07, 6.45) is 1.13. The maximum atomic E-state index is 12.6. The molecule has 0 unspecified atom stereocenters. The van der Waals surface area contributed by atoms with Crippen molar-refractivity contribution in [3.8, 4) is 0 Å². The lowest BCUT2D eigenvalue weighted by atomic mass is 10.1. The number of hydrogen-bond donors (Lipinski definition) is 1. The minimum Gasteiger partial charge on any atom is -0.455 e. The van der Waals surface area contributed by atoms with E-state index >= 15 is 0 Å². The second-order valence-electron chi connectivity index (χ2n) is 8.28. The molecule has 0 saturated carbocycles. The van der Waals surface area contributed by atoms with Crippen LogP contribution in [0.25, 0.3) is 0 Å². The third-order valence-electron chi connectivity index (χ3n) is 5.11. The van der Waals surface area contributed by atoms with Crippen molar-refractivity contribution in [2.24, 2.45) is 5.92 Å². The lowest BCUT2D eigenvalue weighted by Crippen LogP contribution is -2.26. The summed E-state index contributed by atoms with van der Waals surface area (Å²) < 4.78 is 5.91. The molecule has 0 radical (unpaired) electrons. The first kappa shape index (κ1) is 22.3. The first-order valence-electron chi connectivity index (χ1n) is 10.6. The number of aryl methyl sites for hydroxylation is 1. The van der Waals surface area contributed by atoms with E-state index in [1.807, 2.05) is 54.7 Å². The monoisotopic (exact) mass is 424 g/mol. The quantitative estimate of drug-likeness (QED) is 0.422. The van der Waals surface area contributed by atoms with Crippen LogP contribution in [-0.4, -0.2) is 17.4 Å². The Labute approximate surface area is 183 Å². The number of amides is 1. The van der Waals surface area contributed by atoms with Gasteiger partial charge in [-0.25, -0.2) is 0 Å². The van der Waals surface area contributed by atoms with Crippen molar-refractivity contribution in [3.63, 3.8) is 0 Å². The lowest BCUT2D eigenvalue weighted by Gasteiger charge is -2.21. The highest BCUT2D eigenvalue weighted by molar-refractivity contribution is 7.11. The molecular formula is C25H32N2O2S. The van der Waals surface area contributed by atoms with Gasteiger partial charge in [-0.2, -0.15) is 0 Å². The molecule has 4 nitrogen and oxygen atoms in total. The Morgan fingerprint density at radius 3 is 2.47 bits per heavy atom. The normalized spacial score (nSPS) is 12.5. The molecule has 5 heteroatoms. The largest absolute Gasteiger partial charge is 0.455 e. The summed E-state index contributed by atoms with van der Waals surface area (Å²) in [5.41, 5.74) is 1.07. The Morgan fingerprint density at radius 2 is 1.80 bits per heavy atom. The molecule has 1 amide bonds. The smallest absolute Gasteiger partial charge is 0.287 e. The first-order valence-corrected chi connectivity index (χ1v) is 11.4. The molecule has 0 aliphatic rings. The van der Waals surface area contributed by atoms with Crippen LogP contribution < -0.4 is 5.32 Å². The van der Waals surface area contributed by atoms with Gasteiger partial charge in [-0.3, -0.25) is 9.69 Å². The van der Waals surface area contributed by atoms with Gasteiger partial charge in [0.15, 0.2) is 5.76 Å². The second-order valence-corrected chi connectivity index (χ2v) is 9.65. The van der Waals surface area contributed by atoms with E-state index in [9.17, 15) is 4.79 Å². The number of rotatable bonds is 10. The third kappa shape index (κ3) is 6.57. The van der Waals surface area contributed by atoms with Gasteiger partial charge in [0.25, 0.3) is 5.91 Å². The van der Waals surface area contributed by atoms with E-state index < -0.39 is 0 Å². The molecule has 0 spiro atoms. The highest BCUT2D eigenvalue weighted by atomic mass is 32.1. The van der Waals surface area contributed by atoms with Crippen molar-refractivity contribution >= 4 is 17.2 Å². The summed E-state index contributed by atoms with van der Waals surface area (Å²) in [6, 6.07) is 17.9. The van der Waals surface area contributed by atoms with Crippen LogP contribution in [0.1, 0.15) is 64.9 Å². The SMILES string of the molecule is Cc1ccc(CN(CCC(C)C)Cc2ccc(C(=O)N[C@H](C)c3ccccc3)o2)s1. The minimum absolute atomic E-state index is 0.0724. The van der Waals surface area contributed by atoms with Gasteiger partial charge in [0.1, 0.15) is 5.76 Å². The molecule has 3 rings (SSSR count). The molecule has 2 aromatic heterocycles. The van der Waals surface area contributed by atoms with Crippen LogP contribution in [0, 0.1) is 12.8 Å². The molecule has 0 fully saturated rings.